The van der Waals surface area contributed by atoms with Gasteiger partial charge >= 0.3 is 0 Å². The van der Waals surface area contributed by atoms with Crippen molar-refractivity contribution in [3.05, 3.63) is 29.2 Å². The maximum Gasteiger partial charge on any atom is 0.151 e. The molecule has 1 aliphatic heterocycles. The topological polar surface area (TPSA) is 55.3 Å². The minimum Gasteiger partial charge on any atom is -0.360 e. The van der Waals surface area contributed by atoms with Crippen LogP contribution in [0.5, 0.6) is 0 Å². The highest BCUT2D eigenvalue weighted by Crippen LogP contribution is 2.13. The van der Waals surface area contributed by atoms with Gasteiger partial charge in [0.2, 0.25) is 0 Å². The lowest BCUT2D eigenvalue weighted by Gasteiger charge is -2.23. The van der Waals surface area contributed by atoms with E-state index in [2.05, 4.69) is 23.1 Å². The fourth-order valence-electron chi connectivity index (χ4n) is 1.70. The quantitative estimate of drug-likeness (QED) is 0.759. The predicted molar refractivity (Wildman–Crippen MR) is 58.0 cm³/mol. The molecule has 4 heteroatoms. The van der Waals surface area contributed by atoms with Crippen molar-refractivity contribution in [1.29, 1.82) is 0 Å². The Bertz CT molecular complexity index is 356. The van der Waals surface area contributed by atoms with E-state index in [4.69, 9.17) is 10.3 Å². The molecule has 1 aliphatic rings. The van der Waals surface area contributed by atoms with Gasteiger partial charge in [0.1, 0.15) is 0 Å². The molecule has 15 heavy (non-hydrogen) atoms. The van der Waals surface area contributed by atoms with E-state index in [1.807, 2.05) is 6.07 Å². The molecule has 0 saturated heterocycles. The van der Waals surface area contributed by atoms with Crippen LogP contribution in [0.3, 0.4) is 0 Å². The summed E-state index contributed by atoms with van der Waals surface area (Å²) in [5, 5.41) is 3.87. The Hall–Kier alpha value is -1.13. The van der Waals surface area contributed by atoms with Gasteiger partial charge in [-0.15, -0.1) is 0 Å². The molecular weight excluding hydrogens is 190 g/mol. The third-order valence-electron chi connectivity index (χ3n) is 2.72. The summed E-state index contributed by atoms with van der Waals surface area (Å²) in [6.07, 6.45) is 3.42. The second-order valence-corrected chi connectivity index (χ2v) is 4.02. The average molecular weight is 207 g/mol. The fourth-order valence-corrected chi connectivity index (χ4v) is 1.70. The van der Waals surface area contributed by atoms with Crippen molar-refractivity contribution in [2.75, 3.05) is 13.1 Å². The maximum atomic E-state index is 5.47. The first-order valence-electron chi connectivity index (χ1n) is 5.30. The lowest BCUT2D eigenvalue weighted by atomic mass is 10.1. The molecule has 82 valence electrons. The molecule has 4 nitrogen and oxygen atoms in total. The summed E-state index contributed by atoms with van der Waals surface area (Å²) >= 11 is 0. The Kier molecular flexibility index (Phi) is 3.18. The van der Waals surface area contributed by atoms with Crippen LogP contribution in [0.15, 0.2) is 22.2 Å². The average Bonchev–Trinajstić information content (AvgIpc) is 2.69. The molecule has 0 aromatic carbocycles. The molecular formula is C11H17N3O. The molecule has 0 radical (unpaired) electrons. The molecule has 2 N–H and O–H groups in total. The first-order valence-corrected chi connectivity index (χ1v) is 5.30. The molecule has 0 amide bonds. The summed E-state index contributed by atoms with van der Waals surface area (Å²) in [7, 11) is 0. The lowest BCUT2D eigenvalue weighted by molar-refractivity contribution is 0.245. The molecule has 2 rings (SSSR count). The van der Waals surface area contributed by atoms with Crippen molar-refractivity contribution in [2.45, 2.75) is 26.4 Å². The molecule has 2 heterocycles. The van der Waals surface area contributed by atoms with Gasteiger partial charge in [-0.3, -0.25) is 4.90 Å². The third-order valence-corrected chi connectivity index (χ3v) is 2.72. The number of hydrogen-bond donors (Lipinski definition) is 1. The Morgan fingerprint density at radius 3 is 3.07 bits per heavy atom. The van der Waals surface area contributed by atoms with E-state index in [9.17, 15) is 0 Å². The zero-order valence-corrected chi connectivity index (χ0v) is 9.07. The molecule has 0 spiro atoms. The predicted octanol–water partition coefficient (Wildman–Crippen LogP) is 1.29. The van der Waals surface area contributed by atoms with Crippen LogP contribution in [0, 0.1) is 0 Å². The number of aromatic nitrogens is 1. The van der Waals surface area contributed by atoms with Crippen LogP contribution in [0.1, 0.15) is 24.8 Å². The summed E-state index contributed by atoms with van der Waals surface area (Å²) < 4.78 is 5.19. The monoisotopic (exact) mass is 207 g/mol. The molecule has 1 aromatic rings. The minimum atomic E-state index is 0.447. The normalized spacial score (nSPS) is 17.9. The highest BCUT2D eigenvalue weighted by atomic mass is 16.5. The molecule has 1 aromatic heterocycles. The van der Waals surface area contributed by atoms with Crippen LogP contribution < -0.4 is 5.73 Å². The molecule has 0 unspecified atom stereocenters. The van der Waals surface area contributed by atoms with Crippen LogP contribution >= 0.6 is 0 Å². The van der Waals surface area contributed by atoms with Gasteiger partial charge < -0.3 is 10.3 Å². The first kappa shape index (κ1) is 10.4. The largest absolute Gasteiger partial charge is 0.360 e. The molecule has 0 atom stereocenters. The van der Waals surface area contributed by atoms with Crippen LogP contribution in [-0.4, -0.2) is 23.1 Å². The SMILES string of the molecule is CC1=CCN(Cc2cc(CN)no2)CC1. The van der Waals surface area contributed by atoms with Gasteiger partial charge in [-0.1, -0.05) is 16.8 Å². The van der Waals surface area contributed by atoms with Crippen LogP contribution in [0.2, 0.25) is 0 Å². The summed E-state index contributed by atoms with van der Waals surface area (Å²) in [5.74, 6) is 0.906. The van der Waals surface area contributed by atoms with E-state index in [0.29, 0.717) is 6.54 Å². The Morgan fingerprint density at radius 2 is 2.47 bits per heavy atom. The van der Waals surface area contributed by atoms with Crippen molar-refractivity contribution < 1.29 is 4.52 Å². The summed E-state index contributed by atoms with van der Waals surface area (Å²) in [5.41, 5.74) is 7.77. The number of nitrogens with zero attached hydrogens (tertiary/aromatic N) is 2. The zero-order valence-electron chi connectivity index (χ0n) is 9.07. The van der Waals surface area contributed by atoms with E-state index < -0.39 is 0 Å². The van der Waals surface area contributed by atoms with E-state index in [0.717, 1.165) is 37.5 Å². The second kappa shape index (κ2) is 4.59. The first-order chi connectivity index (χ1) is 7.28. The zero-order chi connectivity index (χ0) is 10.7. The second-order valence-electron chi connectivity index (χ2n) is 4.02. The van der Waals surface area contributed by atoms with Gasteiger partial charge in [-0.2, -0.15) is 0 Å². The summed E-state index contributed by atoms with van der Waals surface area (Å²) in [6.45, 7) is 5.56. The van der Waals surface area contributed by atoms with Crippen molar-refractivity contribution >= 4 is 0 Å². The Balaban J connectivity index is 1.92. The lowest BCUT2D eigenvalue weighted by Crippen LogP contribution is -2.27. The van der Waals surface area contributed by atoms with Gasteiger partial charge in [0, 0.05) is 25.7 Å². The smallest absolute Gasteiger partial charge is 0.151 e. The third kappa shape index (κ3) is 2.67. The minimum absolute atomic E-state index is 0.447. The van der Waals surface area contributed by atoms with Crippen LogP contribution in [0.4, 0.5) is 0 Å². The Morgan fingerprint density at radius 1 is 1.60 bits per heavy atom. The van der Waals surface area contributed by atoms with E-state index in [1.54, 1.807) is 0 Å². The van der Waals surface area contributed by atoms with E-state index >= 15 is 0 Å². The summed E-state index contributed by atoms with van der Waals surface area (Å²) in [6, 6.07) is 1.94. The fraction of sp³-hybridized carbons (Fsp3) is 0.545. The highest BCUT2D eigenvalue weighted by Gasteiger charge is 2.12. The van der Waals surface area contributed by atoms with E-state index in [1.165, 1.54) is 5.57 Å². The van der Waals surface area contributed by atoms with Gasteiger partial charge in [0.15, 0.2) is 5.76 Å². The number of hydrogen-bond acceptors (Lipinski definition) is 4. The number of nitrogens with two attached hydrogens (primary N) is 1. The van der Waals surface area contributed by atoms with Crippen molar-refractivity contribution in [2.24, 2.45) is 5.73 Å². The van der Waals surface area contributed by atoms with Crippen molar-refractivity contribution in [3.8, 4) is 0 Å². The standard InChI is InChI=1S/C11H17N3O/c1-9-2-4-14(5-3-9)8-11-6-10(7-12)13-15-11/h2,6H,3-5,7-8,12H2,1H3. The van der Waals surface area contributed by atoms with Crippen LogP contribution in [0.25, 0.3) is 0 Å². The Labute approximate surface area is 89.7 Å². The molecule has 0 saturated carbocycles. The molecule has 0 aliphatic carbocycles. The summed E-state index contributed by atoms with van der Waals surface area (Å²) in [4.78, 5) is 2.34. The van der Waals surface area contributed by atoms with Crippen molar-refractivity contribution in [3.63, 3.8) is 0 Å². The number of rotatable bonds is 3. The van der Waals surface area contributed by atoms with Gasteiger partial charge in [-0.25, -0.2) is 0 Å². The molecule has 0 fully saturated rings. The van der Waals surface area contributed by atoms with Gasteiger partial charge in [0.05, 0.1) is 12.2 Å². The molecule has 0 bridgehead atoms. The van der Waals surface area contributed by atoms with Gasteiger partial charge in [-0.05, 0) is 13.3 Å². The van der Waals surface area contributed by atoms with E-state index in [-0.39, 0.29) is 0 Å². The van der Waals surface area contributed by atoms with Gasteiger partial charge in [0.25, 0.3) is 0 Å². The van der Waals surface area contributed by atoms with Crippen LogP contribution in [-0.2, 0) is 13.1 Å². The highest BCUT2D eigenvalue weighted by molar-refractivity contribution is 5.07. The maximum absolute atomic E-state index is 5.47. The van der Waals surface area contributed by atoms with Crippen molar-refractivity contribution in [1.82, 2.24) is 10.1 Å².